The van der Waals surface area contributed by atoms with E-state index in [4.69, 9.17) is 0 Å². The molecule has 2 nitrogen and oxygen atoms in total. The molecule has 15 heavy (non-hydrogen) atoms. The van der Waals surface area contributed by atoms with E-state index in [-0.39, 0.29) is 5.91 Å². The van der Waals surface area contributed by atoms with E-state index in [2.05, 4.69) is 32.9 Å². The summed E-state index contributed by atoms with van der Waals surface area (Å²) in [7, 11) is 1.81. The van der Waals surface area contributed by atoms with Gasteiger partial charge in [0.25, 0.3) is 0 Å². The molecule has 0 aliphatic carbocycles. The minimum absolute atomic E-state index is 0.0651. The number of amides is 1. The van der Waals surface area contributed by atoms with Gasteiger partial charge < -0.3 is 4.90 Å². The van der Waals surface area contributed by atoms with Gasteiger partial charge in [-0.3, -0.25) is 4.79 Å². The van der Waals surface area contributed by atoms with Crippen molar-refractivity contribution in [3.63, 3.8) is 0 Å². The zero-order chi connectivity index (χ0) is 11.6. The molecule has 82 valence electrons. The van der Waals surface area contributed by atoms with Gasteiger partial charge in [-0.15, -0.1) is 0 Å². The van der Waals surface area contributed by atoms with Crippen LogP contribution in [0.1, 0.15) is 37.8 Å². The molecular formula is C13H19NO. The van der Waals surface area contributed by atoms with Crippen molar-refractivity contribution in [3.05, 3.63) is 29.3 Å². The maximum absolute atomic E-state index is 11.3. The normalized spacial score (nSPS) is 10.5. The smallest absolute Gasteiger partial charge is 0.223 e. The van der Waals surface area contributed by atoms with Crippen molar-refractivity contribution in [1.82, 2.24) is 0 Å². The van der Waals surface area contributed by atoms with Crippen LogP contribution in [0.25, 0.3) is 0 Å². The summed E-state index contributed by atoms with van der Waals surface area (Å²) >= 11 is 0. The molecule has 2 heteroatoms. The topological polar surface area (TPSA) is 20.3 Å². The Morgan fingerprint density at radius 3 is 2.33 bits per heavy atom. The Hall–Kier alpha value is -1.31. The molecule has 0 unspecified atom stereocenters. The van der Waals surface area contributed by atoms with Crippen molar-refractivity contribution in [3.8, 4) is 0 Å². The summed E-state index contributed by atoms with van der Waals surface area (Å²) in [5.41, 5.74) is 3.45. The summed E-state index contributed by atoms with van der Waals surface area (Å²) in [5, 5.41) is 0. The predicted octanol–water partition coefficient (Wildman–Crippen LogP) is 3.10. The first-order chi connectivity index (χ1) is 6.91. The number of nitrogens with zero attached hydrogens (tertiary/aromatic N) is 1. The van der Waals surface area contributed by atoms with E-state index >= 15 is 0 Å². The molecule has 0 saturated heterocycles. The van der Waals surface area contributed by atoms with Gasteiger partial charge in [-0.25, -0.2) is 0 Å². The Morgan fingerprint density at radius 1 is 1.27 bits per heavy atom. The lowest BCUT2D eigenvalue weighted by Crippen LogP contribution is -2.23. The van der Waals surface area contributed by atoms with Gasteiger partial charge in [0, 0.05) is 19.7 Å². The molecule has 1 aromatic carbocycles. The minimum Gasteiger partial charge on any atom is -0.316 e. The Morgan fingerprint density at radius 2 is 1.87 bits per heavy atom. The molecule has 0 atom stereocenters. The third kappa shape index (κ3) is 2.82. The molecule has 0 aromatic heterocycles. The maximum atomic E-state index is 11.3. The predicted molar refractivity (Wildman–Crippen MR) is 64.4 cm³/mol. The van der Waals surface area contributed by atoms with Crippen molar-refractivity contribution >= 4 is 11.6 Å². The van der Waals surface area contributed by atoms with Gasteiger partial charge in [0.05, 0.1) is 0 Å². The molecule has 0 aliphatic heterocycles. The number of hydrogen-bond donors (Lipinski definition) is 0. The second-order valence-electron chi connectivity index (χ2n) is 4.33. The number of hydrogen-bond acceptors (Lipinski definition) is 1. The Kier molecular flexibility index (Phi) is 3.51. The van der Waals surface area contributed by atoms with Crippen LogP contribution in [0.4, 0.5) is 5.69 Å². The van der Waals surface area contributed by atoms with Crippen molar-refractivity contribution in [2.24, 2.45) is 0 Å². The summed E-state index contributed by atoms with van der Waals surface area (Å²) < 4.78 is 0. The lowest BCUT2D eigenvalue weighted by molar-refractivity contribution is -0.116. The third-order valence-electron chi connectivity index (χ3n) is 2.61. The van der Waals surface area contributed by atoms with E-state index in [0.29, 0.717) is 5.92 Å². The van der Waals surface area contributed by atoms with Gasteiger partial charge in [0.2, 0.25) is 5.91 Å². The monoisotopic (exact) mass is 205 g/mol. The summed E-state index contributed by atoms with van der Waals surface area (Å²) in [6.45, 7) is 7.96. The van der Waals surface area contributed by atoms with E-state index in [0.717, 1.165) is 5.69 Å². The highest BCUT2D eigenvalue weighted by Crippen LogP contribution is 2.23. The van der Waals surface area contributed by atoms with Crippen LogP contribution in [-0.2, 0) is 4.79 Å². The summed E-state index contributed by atoms with van der Waals surface area (Å²) in [5.74, 6) is 0.555. The first-order valence-electron chi connectivity index (χ1n) is 5.27. The minimum atomic E-state index is 0.0651. The summed E-state index contributed by atoms with van der Waals surface area (Å²) in [6.07, 6.45) is 0. The van der Waals surface area contributed by atoms with Gasteiger partial charge in [-0.2, -0.15) is 0 Å². The largest absolute Gasteiger partial charge is 0.316 e. The zero-order valence-electron chi connectivity index (χ0n) is 10.2. The average Bonchev–Trinajstić information content (AvgIpc) is 2.15. The van der Waals surface area contributed by atoms with Crippen LogP contribution in [0.15, 0.2) is 18.2 Å². The van der Waals surface area contributed by atoms with Gasteiger partial charge in [0.15, 0.2) is 0 Å². The molecule has 1 aromatic rings. The Labute approximate surface area is 91.9 Å². The lowest BCUT2D eigenvalue weighted by Gasteiger charge is -2.18. The number of aryl methyl sites for hydroxylation is 1. The average molecular weight is 205 g/mol. The van der Waals surface area contributed by atoms with E-state index in [1.807, 2.05) is 6.07 Å². The molecule has 0 saturated carbocycles. The molecule has 1 rings (SSSR count). The molecule has 0 bridgehead atoms. The zero-order valence-corrected chi connectivity index (χ0v) is 10.2. The number of carbonyl (C=O) groups excluding carboxylic acids is 1. The Bertz CT molecular complexity index is 369. The van der Waals surface area contributed by atoms with Crippen molar-refractivity contribution in [2.75, 3.05) is 11.9 Å². The first-order valence-corrected chi connectivity index (χ1v) is 5.27. The number of carbonyl (C=O) groups is 1. The molecule has 0 spiro atoms. The van der Waals surface area contributed by atoms with Crippen molar-refractivity contribution in [2.45, 2.75) is 33.6 Å². The first kappa shape index (κ1) is 11.8. The van der Waals surface area contributed by atoms with Crippen LogP contribution in [0.3, 0.4) is 0 Å². The lowest BCUT2D eigenvalue weighted by atomic mass is 10.00. The summed E-state index contributed by atoms with van der Waals surface area (Å²) in [4.78, 5) is 12.9. The highest BCUT2D eigenvalue weighted by atomic mass is 16.2. The number of anilines is 1. The molecule has 0 N–H and O–H groups in total. The molecular weight excluding hydrogens is 186 g/mol. The molecule has 1 amide bonds. The highest BCUT2D eigenvalue weighted by molar-refractivity contribution is 5.91. The quantitative estimate of drug-likeness (QED) is 0.726. The third-order valence-corrected chi connectivity index (χ3v) is 2.61. The fourth-order valence-corrected chi connectivity index (χ4v) is 1.50. The van der Waals surface area contributed by atoms with Gasteiger partial charge in [0.1, 0.15) is 0 Å². The van der Waals surface area contributed by atoms with E-state index in [1.165, 1.54) is 11.1 Å². The number of benzene rings is 1. The van der Waals surface area contributed by atoms with Gasteiger partial charge in [-0.1, -0.05) is 19.9 Å². The van der Waals surface area contributed by atoms with Crippen LogP contribution in [0, 0.1) is 6.92 Å². The summed E-state index contributed by atoms with van der Waals surface area (Å²) in [6, 6.07) is 6.29. The SMILES string of the molecule is CC(=O)N(C)c1cc(C)cc(C(C)C)c1. The van der Waals surface area contributed by atoms with Gasteiger partial charge in [-0.05, 0) is 36.1 Å². The van der Waals surface area contributed by atoms with Crippen LogP contribution in [0.2, 0.25) is 0 Å². The standard InChI is InChI=1S/C13H19NO/c1-9(2)12-6-10(3)7-13(8-12)14(5)11(4)15/h6-9H,1-5H3. The Balaban J connectivity index is 3.14. The van der Waals surface area contributed by atoms with Crippen molar-refractivity contribution < 1.29 is 4.79 Å². The van der Waals surface area contributed by atoms with Gasteiger partial charge >= 0.3 is 0 Å². The van der Waals surface area contributed by atoms with Crippen LogP contribution >= 0.6 is 0 Å². The fraction of sp³-hybridized carbons (Fsp3) is 0.462. The molecule has 0 radical (unpaired) electrons. The van der Waals surface area contributed by atoms with Crippen LogP contribution < -0.4 is 4.90 Å². The van der Waals surface area contributed by atoms with Crippen molar-refractivity contribution in [1.29, 1.82) is 0 Å². The van der Waals surface area contributed by atoms with E-state index in [9.17, 15) is 4.79 Å². The molecule has 0 heterocycles. The van der Waals surface area contributed by atoms with E-state index < -0.39 is 0 Å². The second kappa shape index (κ2) is 4.47. The second-order valence-corrected chi connectivity index (χ2v) is 4.33. The maximum Gasteiger partial charge on any atom is 0.223 e. The van der Waals surface area contributed by atoms with Crippen LogP contribution in [0.5, 0.6) is 0 Å². The van der Waals surface area contributed by atoms with E-state index in [1.54, 1.807) is 18.9 Å². The number of rotatable bonds is 2. The fourth-order valence-electron chi connectivity index (χ4n) is 1.50. The molecule has 0 aliphatic rings. The van der Waals surface area contributed by atoms with Crippen LogP contribution in [-0.4, -0.2) is 13.0 Å². The molecule has 0 fully saturated rings. The highest BCUT2D eigenvalue weighted by Gasteiger charge is 2.08.